The molecule has 0 saturated heterocycles. The fourth-order valence-corrected chi connectivity index (χ4v) is 0.783. The molecule has 1 rings (SSSR count). The van der Waals surface area contributed by atoms with Gasteiger partial charge in [0.2, 0.25) is 0 Å². The summed E-state index contributed by atoms with van der Waals surface area (Å²) < 4.78 is 1.98. The molecule has 0 fully saturated rings. The summed E-state index contributed by atoms with van der Waals surface area (Å²) in [6.07, 6.45) is 5.48. The molecule has 0 unspecified atom stereocenters. The smallest absolute Gasteiger partial charge is 0.0957 e. The Morgan fingerprint density at radius 1 is 1.56 bits per heavy atom. The Morgan fingerprint density at radius 3 is 2.44 bits per heavy atom. The second-order valence-electron chi connectivity index (χ2n) is 2.38. The van der Waals surface area contributed by atoms with Crippen molar-refractivity contribution in [3.8, 4) is 0 Å². The summed E-state index contributed by atoms with van der Waals surface area (Å²) in [7, 11) is 0. The van der Waals surface area contributed by atoms with Gasteiger partial charge in [-0.2, -0.15) is 0 Å². The molecular formula is C6H9BrN2. The minimum Gasteiger partial charge on any atom is -0.322 e. The first-order chi connectivity index (χ1) is 4.11. The van der Waals surface area contributed by atoms with Gasteiger partial charge < -0.3 is 4.57 Å². The zero-order chi connectivity index (χ0) is 6.91. The van der Waals surface area contributed by atoms with Crippen LogP contribution in [0.5, 0.6) is 0 Å². The van der Waals surface area contributed by atoms with Crippen LogP contribution in [0.15, 0.2) is 18.7 Å². The molecule has 0 aliphatic rings. The van der Waals surface area contributed by atoms with E-state index in [1.54, 1.807) is 12.5 Å². The predicted molar refractivity (Wildman–Crippen MR) is 40.5 cm³/mol. The van der Waals surface area contributed by atoms with Crippen LogP contribution in [-0.4, -0.2) is 9.55 Å². The third kappa shape index (κ3) is 1.55. The second kappa shape index (κ2) is 2.14. The zero-order valence-electron chi connectivity index (χ0n) is 5.50. The molecule has 2 nitrogen and oxygen atoms in total. The first kappa shape index (κ1) is 6.81. The van der Waals surface area contributed by atoms with E-state index in [-0.39, 0.29) is 4.45 Å². The lowest BCUT2D eigenvalue weighted by Crippen LogP contribution is -2.15. The number of nitrogens with zero attached hydrogens (tertiary/aromatic N) is 2. The van der Waals surface area contributed by atoms with Gasteiger partial charge in [-0.25, -0.2) is 4.98 Å². The maximum absolute atomic E-state index is 3.92. The Hall–Kier alpha value is -0.310. The Bertz CT molecular complexity index is 173. The van der Waals surface area contributed by atoms with Crippen LogP contribution >= 0.6 is 15.9 Å². The van der Waals surface area contributed by atoms with Gasteiger partial charge in [0.05, 0.1) is 10.8 Å². The molecule has 1 heterocycles. The highest BCUT2D eigenvalue weighted by molar-refractivity contribution is 9.09. The maximum atomic E-state index is 3.92. The number of halogens is 1. The fourth-order valence-electron chi connectivity index (χ4n) is 0.574. The highest BCUT2D eigenvalue weighted by atomic mass is 79.9. The van der Waals surface area contributed by atoms with Gasteiger partial charge in [-0.15, -0.1) is 0 Å². The molecule has 0 aromatic carbocycles. The van der Waals surface area contributed by atoms with Crippen LogP contribution in [0.3, 0.4) is 0 Å². The summed E-state index contributed by atoms with van der Waals surface area (Å²) in [5.41, 5.74) is 0. The number of rotatable bonds is 1. The summed E-state index contributed by atoms with van der Waals surface area (Å²) in [6, 6.07) is 0. The average molecular weight is 189 g/mol. The van der Waals surface area contributed by atoms with Gasteiger partial charge in [0.1, 0.15) is 0 Å². The average Bonchev–Trinajstić information content (AvgIpc) is 2.08. The number of imidazole rings is 1. The minimum atomic E-state index is -0.0104. The molecule has 0 saturated carbocycles. The molecule has 0 spiro atoms. The van der Waals surface area contributed by atoms with Crippen molar-refractivity contribution < 1.29 is 0 Å². The summed E-state index contributed by atoms with van der Waals surface area (Å²) in [5.74, 6) is 0. The number of alkyl halides is 1. The summed E-state index contributed by atoms with van der Waals surface area (Å²) >= 11 is 3.49. The van der Waals surface area contributed by atoms with E-state index in [1.807, 2.05) is 10.8 Å². The van der Waals surface area contributed by atoms with Crippen LogP contribution in [0.1, 0.15) is 13.8 Å². The quantitative estimate of drug-likeness (QED) is 0.617. The lowest BCUT2D eigenvalue weighted by Gasteiger charge is -2.17. The summed E-state index contributed by atoms with van der Waals surface area (Å²) in [5, 5.41) is 0. The van der Waals surface area contributed by atoms with Gasteiger partial charge in [0.25, 0.3) is 0 Å². The van der Waals surface area contributed by atoms with Crippen LogP contribution in [0.2, 0.25) is 0 Å². The van der Waals surface area contributed by atoms with Gasteiger partial charge >= 0.3 is 0 Å². The van der Waals surface area contributed by atoms with E-state index in [0.717, 1.165) is 0 Å². The lowest BCUT2D eigenvalue weighted by atomic mass is 10.4. The van der Waals surface area contributed by atoms with E-state index in [9.17, 15) is 0 Å². The molecule has 0 N–H and O–H groups in total. The third-order valence-electron chi connectivity index (χ3n) is 1.12. The van der Waals surface area contributed by atoms with Crippen molar-refractivity contribution in [3.05, 3.63) is 18.7 Å². The molecule has 0 aliphatic heterocycles. The van der Waals surface area contributed by atoms with E-state index >= 15 is 0 Å². The van der Waals surface area contributed by atoms with E-state index in [4.69, 9.17) is 0 Å². The molecule has 0 radical (unpaired) electrons. The lowest BCUT2D eigenvalue weighted by molar-refractivity contribution is 0.551. The zero-order valence-corrected chi connectivity index (χ0v) is 7.09. The van der Waals surface area contributed by atoms with Gasteiger partial charge in [-0.05, 0) is 13.8 Å². The monoisotopic (exact) mass is 188 g/mol. The Morgan fingerprint density at radius 2 is 2.22 bits per heavy atom. The van der Waals surface area contributed by atoms with Gasteiger partial charge in [0, 0.05) is 12.4 Å². The van der Waals surface area contributed by atoms with E-state index in [1.165, 1.54) is 0 Å². The largest absolute Gasteiger partial charge is 0.322 e. The SMILES string of the molecule is CC(C)(Br)n1ccnc1. The van der Waals surface area contributed by atoms with E-state index in [0.29, 0.717) is 0 Å². The number of hydrogen-bond donors (Lipinski definition) is 0. The summed E-state index contributed by atoms with van der Waals surface area (Å²) in [6.45, 7) is 4.13. The predicted octanol–water partition coefficient (Wildman–Crippen LogP) is 1.97. The highest BCUT2D eigenvalue weighted by Crippen LogP contribution is 2.21. The van der Waals surface area contributed by atoms with E-state index < -0.39 is 0 Å². The van der Waals surface area contributed by atoms with Crippen molar-refractivity contribution in [2.24, 2.45) is 0 Å². The van der Waals surface area contributed by atoms with Crippen LogP contribution in [0.4, 0.5) is 0 Å². The van der Waals surface area contributed by atoms with Crippen molar-refractivity contribution in [1.29, 1.82) is 0 Å². The van der Waals surface area contributed by atoms with Crippen molar-refractivity contribution in [2.45, 2.75) is 18.3 Å². The highest BCUT2D eigenvalue weighted by Gasteiger charge is 2.12. The molecule has 0 bridgehead atoms. The number of aromatic nitrogens is 2. The minimum absolute atomic E-state index is 0.0104. The Labute approximate surface area is 63.0 Å². The van der Waals surface area contributed by atoms with Gasteiger partial charge in [-0.1, -0.05) is 15.9 Å². The van der Waals surface area contributed by atoms with Crippen molar-refractivity contribution in [2.75, 3.05) is 0 Å². The first-order valence-corrected chi connectivity index (χ1v) is 3.57. The van der Waals surface area contributed by atoms with Crippen molar-refractivity contribution in [1.82, 2.24) is 9.55 Å². The fraction of sp³-hybridized carbons (Fsp3) is 0.500. The third-order valence-corrected chi connectivity index (χ3v) is 1.53. The van der Waals surface area contributed by atoms with Gasteiger partial charge in [0.15, 0.2) is 0 Å². The van der Waals surface area contributed by atoms with Crippen LogP contribution in [-0.2, 0) is 4.45 Å². The van der Waals surface area contributed by atoms with Crippen LogP contribution in [0.25, 0.3) is 0 Å². The first-order valence-electron chi connectivity index (χ1n) is 2.78. The molecule has 1 aromatic heterocycles. The molecule has 0 amide bonds. The van der Waals surface area contributed by atoms with Gasteiger partial charge in [-0.3, -0.25) is 0 Å². The van der Waals surface area contributed by atoms with E-state index in [2.05, 4.69) is 34.8 Å². The van der Waals surface area contributed by atoms with Crippen molar-refractivity contribution in [3.63, 3.8) is 0 Å². The normalized spacial score (nSPS) is 11.9. The maximum Gasteiger partial charge on any atom is 0.0957 e. The molecule has 1 aromatic rings. The molecular weight excluding hydrogens is 180 g/mol. The number of hydrogen-bond acceptors (Lipinski definition) is 1. The van der Waals surface area contributed by atoms with Crippen LogP contribution < -0.4 is 0 Å². The van der Waals surface area contributed by atoms with Crippen LogP contribution in [0, 0.1) is 0 Å². The topological polar surface area (TPSA) is 17.8 Å². The van der Waals surface area contributed by atoms with Crippen molar-refractivity contribution >= 4 is 15.9 Å². The molecule has 0 atom stereocenters. The standard InChI is InChI=1S/C6H9BrN2/c1-6(2,7)9-4-3-8-5-9/h3-5H,1-2H3. The Kier molecular flexibility index (Phi) is 1.62. The molecule has 3 heteroatoms. The molecule has 0 aliphatic carbocycles. The molecule has 50 valence electrons. The second-order valence-corrected chi connectivity index (χ2v) is 4.32. The Balaban J connectivity index is 2.90. The molecule has 9 heavy (non-hydrogen) atoms. The summed E-state index contributed by atoms with van der Waals surface area (Å²) in [4.78, 5) is 3.92.